The molecule has 6 nitrogen and oxygen atoms in total. The fraction of sp³-hybridized carbons (Fsp3) is 0.556. The van der Waals surface area contributed by atoms with Gasteiger partial charge in [-0.2, -0.15) is 0 Å². The van der Waals surface area contributed by atoms with E-state index in [9.17, 15) is 0 Å². The molecule has 4 rings (SSSR count). The average Bonchev–Trinajstić information content (AvgIpc) is 3.05. The molecular formula is C18H24N4O2. The lowest BCUT2D eigenvalue weighted by Gasteiger charge is -2.33. The molecule has 2 aliphatic rings. The van der Waals surface area contributed by atoms with Crippen LogP contribution in [-0.4, -0.2) is 46.5 Å². The van der Waals surface area contributed by atoms with Crippen molar-refractivity contribution in [2.24, 2.45) is 0 Å². The van der Waals surface area contributed by atoms with E-state index >= 15 is 0 Å². The van der Waals surface area contributed by atoms with Gasteiger partial charge >= 0.3 is 0 Å². The highest BCUT2D eigenvalue weighted by Crippen LogP contribution is 2.26. The summed E-state index contributed by atoms with van der Waals surface area (Å²) in [6.45, 7) is 4.44. The lowest BCUT2D eigenvalue weighted by atomic mass is 10.1. The molecule has 0 spiro atoms. The molecule has 24 heavy (non-hydrogen) atoms. The summed E-state index contributed by atoms with van der Waals surface area (Å²) in [5.74, 6) is 3.12. The van der Waals surface area contributed by atoms with Crippen molar-refractivity contribution < 1.29 is 9.47 Å². The number of rotatable bonds is 4. The molecule has 1 aromatic carbocycles. The van der Waals surface area contributed by atoms with Gasteiger partial charge in [0.2, 0.25) is 0 Å². The minimum absolute atomic E-state index is 0.0811. The van der Waals surface area contributed by atoms with Crippen LogP contribution in [0.4, 0.5) is 0 Å². The van der Waals surface area contributed by atoms with Gasteiger partial charge in [-0.25, -0.2) is 0 Å². The number of aromatic nitrogens is 3. The first-order valence-electron chi connectivity index (χ1n) is 8.72. The summed E-state index contributed by atoms with van der Waals surface area (Å²) in [6, 6.07) is 8.15. The highest BCUT2D eigenvalue weighted by molar-refractivity contribution is 5.30. The Balaban J connectivity index is 1.46. The number of fused-ring (bicyclic) bond motifs is 1. The third-order valence-corrected chi connectivity index (χ3v) is 4.92. The van der Waals surface area contributed by atoms with Crippen LogP contribution in [0.5, 0.6) is 5.75 Å². The van der Waals surface area contributed by atoms with Gasteiger partial charge in [0.05, 0.1) is 26.4 Å². The summed E-state index contributed by atoms with van der Waals surface area (Å²) in [5.41, 5.74) is 1.17. The monoisotopic (exact) mass is 328 g/mol. The van der Waals surface area contributed by atoms with E-state index < -0.39 is 0 Å². The predicted octanol–water partition coefficient (Wildman–Crippen LogP) is 2.20. The van der Waals surface area contributed by atoms with Crippen LogP contribution in [0.3, 0.4) is 0 Å². The molecule has 6 heteroatoms. The molecule has 128 valence electrons. The van der Waals surface area contributed by atoms with Crippen LogP contribution in [-0.2, 0) is 24.2 Å². The van der Waals surface area contributed by atoms with E-state index in [-0.39, 0.29) is 6.10 Å². The molecule has 0 amide bonds. The summed E-state index contributed by atoms with van der Waals surface area (Å²) < 4.78 is 13.6. The summed E-state index contributed by atoms with van der Waals surface area (Å²) in [6.07, 6.45) is 3.60. The van der Waals surface area contributed by atoms with Gasteiger partial charge in [0.1, 0.15) is 17.4 Å². The smallest absolute Gasteiger partial charge is 0.147 e. The number of hydrogen-bond acceptors (Lipinski definition) is 5. The number of methoxy groups -OCH3 is 1. The maximum Gasteiger partial charge on any atom is 0.147 e. The molecule has 2 aromatic rings. The Bertz CT molecular complexity index is 700. The van der Waals surface area contributed by atoms with Gasteiger partial charge in [-0.05, 0) is 30.5 Å². The van der Waals surface area contributed by atoms with E-state index in [1.54, 1.807) is 7.11 Å². The molecule has 1 saturated heterocycles. The standard InChI is InChI=1S/C18H24N4O2/c1-23-15-6-4-5-14(11-15)16-12-21(9-10-24-16)13-18-20-19-17-7-2-3-8-22(17)18/h4-6,11,16H,2-3,7-10,12-13H2,1H3. The molecule has 1 unspecified atom stereocenters. The highest BCUT2D eigenvalue weighted by atomic mass is 16.5. The summed E-state index contributed by atoms with van der Waals surface area (Å²) in [4.78, 5) is 2.42. The highest BCUT2D eigenvalue weighted by Gasteiger charge is 2.25. The zero-order valence-electron chi connectivity index (χ0n) is 14.1. The van der Waals surface area contributed by atoms with Crippen LogP contribution >= 0.6 is 0 Å². The lowest BCUT2D eigenvalue weighted by Crippen LogP contribution is -2.38. The van der Waals surface area contributed by atoms with Crippen molar-refractivity contribution in [2.45, 2.75) is 38.5 Å². The van der Waals surface area contributed by atoms with Crippen molar-refractivity contribution in [3.63, 3.8) is 0 Å². The summed E-state index contributed by atoms with van der Waals surface area (Å²) in [7, 11) is 1.70. The van der Waals surface area contributed by atoms with Gasteiger partial charge in [0.25, 0.3) is 0 Å². The van der Waals surface area contributed by atoms with Gasteiger partial charge < -0.3 is 14.0 Å². The summed E-state index contributed by atoms with van der Waals surface area (Å²) >= 11 is 0. The van der Waals surface area contributed by atoms with Gasteiger partial charge in [0, 0.05) is 26.1 Å². The molecule has 0 aliphatic carbocycles. The normalized spacial score (nSPS) is 21.5. The number of aryl methyl sites for hydroxylation is 1. The summed E-state index contributed by atoms with van der Waals surface area (Å²) in [5, 5.41) is 8.79. The van der Waals surface area contributed by atoms with Crippen molar-refractivity contribution in [3.8, 4) is 5.75 Å². The lowest BCUT2D eigenvalue weighted by molar-refractivity contribution is -0.0341. The number of morpholine rings is 1. The van der Waals surface area contributed by atoms with E-state index in [0.717, 1.165) is 56.6 Å². The third kappa shape index (κ3) is 3.16. The Morgan fingerprint density at radius 1 is 1.25 bits per heavy atom. The second-order valence-corrected chi connectivity index (χ2v) is 6.51. The van der Waals surface area contributed by atoms with Crippen LogP contribution in [0, 0.1) is 0 Å². The fourth-order valence-electron chi connectivity index (χ4n) is 3.58. The zero-order chi connectivity index (χ0) is 16.4. The number of ether oxygens (including phenoxy) is 2. The van der Waals surface area contributed by atoms with E-state index in [1.165, 1.54) is 18.4 Å². The predicted molar refractivity (Wildman–Crippen MR) is 89.9 cm³/mol. The van der Waals surface area contributed by atoms with Crippen molar-refractivity contribution >= 4 is 0 Å². The molecule has 1 fully saturated rings. The Morgan fingerprint density at radius 3 is 3.12 bits per heavy atom. The van der Waals surface area contributed by atoms with Crippen molar-refractivity contribution in [3.05, 3.63) is 41.5 Å². The van der Waals surface area contributed by atoms with Crippen molar-refractivity contribution in [1.29, 1.82) is 0 Å². The van der Waals surface area contributed by atoms with Gasteiger partial charge in [-0.3, -0.25) is 4.90 Å². The molecule has 3 heterocycles. The maximum atomic E-state index is 5.99. The molecular weight excluding hydrogens is 304 g/mol. The van der Waals surface area contributed by atoms with E-state index in [1.807, 2.05) is 12.1 Å². The van der Waals surface area contributed by atoms with Crippen LogP contribution in [0.1, 0.15) is 36.2 Å². The van der Waals surface area contributed by atoms with Crippen molar-refractivity contribution in [2.75, 3.05) is 26.8 Å². The Labute approximate surface area is 142 Å². The first-order valence-corrected chi connectivity index (χ1v) is 8.72. The molecule has 2 aliphatic heterocycles. The van der Waals surface area contributed by atoms with E-state index in [4.69, 9.17) is 9.47 Å². The van der Waals surface area contributed by atoms with Crippen LogP contribution in [0.2, 0.25) is 0 Å². The minimum Gasteiger partial charge on any atom is -0.497 e. The van der Waals surface area contributed by atoms with Crippen LogP contribution in [0.25, 0.3) is 0 Å². The minimum atomic E-state index is 0.0811. The van der Waals surface area contributed by atoms with E-state index in [0.29, 0.717) is 0 Å². The third-order valence-electron chi connectivity index (χ3n) is 4.92. The van der Waals surface area contributed by atoms with Gasteiger partial charge in [-0.15, -0.1) is 10.2 Å². The molecule has 0 radical (unpaired) electrons. The largest absolute Gasteiger partial charge is 0.497 e. The second kappa shape index (κ2) is 6.91. The zero-order valence-corrected chi connectivity index (χ0v) is 14.1. The first kappa shape index (κ1) is 15.6. The number of hydrogen-bond donors (Lipinski definition) is 0. The first-order chi connectivity index (χ1) is 11.8. The van der Waals surface area contributed by atoms with E-state index in [2.05, 4.69) is 31.8 Å². The number of nitrogens with zero attached hydrogens (tertiary/aromatic N) is 4. The topological polar surface area (TPSA) is 52.4 Å². The Hall–Kier alpha value is -1.92. The molecule has 0 N–H and O–H groups in total. The Morgan fingerprint density at radius 2 is 2.21 bits per heavy atom. The van der Waals surface area contributed by atoms with Gasteiger partial charge in [0.15, 0.2) is 0 Å². The second-order valence-electron chi connectivity index (χ2n) is 6.51. The number of benzene rings is 1. The molecule has 0 bridgehead atoms. The average molecular weight is 328 g/mol. The van der Waals surface area contributed by atoms with Crippen LogP contribution in [0.15, 0.2) is 24.3 Å². The molecule has 1 atom stereocenters. The Kier molecular flexibility index (Phi) is 4.49. The quantitative estimate of drug-likeness (QED) is 0.861. The molecule has 1 aromatic heterocycles. The maximum absolute atomic E-state index is 5.99. The SMILES string of the molecule is COc1cccc(C2CN(Cc3nnc4n3CCCC4)CCO2)c1. The fourth-order valence-corrected chi connectivity index (χ4v) is 3.58. The van der Waals surface area contributed by atoms with Crippen molar-refractivity contribution in [1.82, 2.24) is 19.7 Å². The van der Waals surface area contributed by atoms with Gasteiger partial charge in [-0.1, -0.05) is 12.1 Å². The van der Waals surface area contributed by atoms with Crippen LogP contribution < -0.4 is 4.74 Å². The molecule has 0 saturated carbocycles.